The van der Waals surface area contributed by atoms with Crippen molar-refractivity contribution in [1.29, 1.82) is 0 Å². The average molecular weight is 258 g/mol. The van der Waals surface area contributed by atoms with Gasteiger partial charge in [-0.2, -0.15) is 13.2 Å². The maximum atomic E-state index is 13.3. The first-order valence-corrected chi connectivity index (χ1v) is 4.77. The van der Waals surface area contributed by atoms with Crippen molar-refractivity contribution in [2.75, 3.05) is 0 Å². The number of halogens is 4. The molecule has 0 N–H and O–H groups in total. The number of nitrogens with zero attached hydrogens (tertiary/aromatic N) is 2. The summed E-state index contributed by atoms with van der Waals surface area (Å²) in [5.41, 5.74) is -0.993. The Bertz CT molecular complexity index is 542. The molecule has 1 aromatic carbocycles. The minimum absolute atomic E-state index is 0.0387. The molecular formula is C11H6F4N2O. The van der Waals surface area contributed by atoms with Crippen LogP contribution in [0.1, 0.15) is 5.56 Å². The number of alkyl halides is 3. The zero-order valence-electron chi connectivity index (χ0n) is 8.78. The van der Waals surface area contributed by atoms with Crippen LogP contribution in [0.3, 0.4) is 0 Å². The molecular weight excluding hydrogens is 252 g/mol. The first-order valence-electron chi connectivity index (χ1n) is 4.77. The van der Waals surface area contributed by atoms with Crippen molar-refractivity contribution in [1.82, 2.24) is 9.97 Å². The standard InChI is InChI=1S/C11H6F4N2O/c12-8-2-1-7(11(13,14)15)5-9(8)18-10-3-4-16-6-17-10/h1-6H. The van der Waals surface area contributed by atoms with Gasteiger partial charge in [-0.1, -0.05) is 0 Å². The van der Waals surface area contributed by atoms with Gasteiger partial charge in [-0.05, 0) is 18.2 Å². The van der Waals surface area contributed by atoms with Gasteiger partial charge in [-0.25, -0.2) is 14.4 Å². The van der Waals surface area contributed by atoms with Gasteiger partial charge in [0.25, 0.3) is 0 Å². The first-order chi connectivity index (χ1) is 8.47. The Kier molecular flexibility index (Phi) is 3.14. The van der Waals surface area contributed by atoms with Gasteiger partial charge >= 0.3 is 6.18 Å². The largest absolute Gasteiger partial charge is 0.436 e. The third-order valence-electron chi connectivity index (χ3n) is 2.03. The second-order valence-electron chi connectivity index (χ2n) is 3.29. The predicted octanol–water partition coefficient (Wildman–Crippen LogP) is 3.43. The van der Waals surface area contributed by atoms with E-state index in [1.807, 2.05) is 0 Å². The number of hydrogen-bond acceptors (Lipinski definition) is 3. The van der Waals surface area contributed by atoms with E-state index in [2.05, 4.69) is 9.97 Å². The van der Waals surface area contributed by atoms with Gasteiger partial charge in [0, 0.05) is 12.3 Å². The summed E-state index contributed by atoms with van der Waals surface area (Å²) >= 11 is 0. The number of ether oxygens (including phenoxy) is 1. The van der Waals surface area contributed by atoms with Crippen molar-refractivity contribution in [3.8, 4) is 11.6 Å². The van der Waals surface area contributed by atoms with Gasteiger partial charge in [0.15, 0.2) is 11.6 Å². The quantitative estimate of drug-likeness (QED) is 0.774. The van der Waals surface area contributed by atoms with E-state index in [1.165, 1.54) is 12.3 Å². The van der Waals surface area contributed by atoms with Crippen LogP contribution in [0.2, 0.25) is 0 Å². The van der Waals surface area contributed by atoms with Gasteiger partial charge < -0.3 is 4.74 Å². The molecule has 1 aromatic heterocycles. The molecule has 0 saturated heterocycles. The van der Waals surface area contributed by atoms with E-state index in [0.29, 0.717) is 18.2 Å². The Labute approximate surface area is 99.1 Å². The van der Waals surface area contributed by atoms with E-state index in [-0.39, 0.29) is 5.88 Å². The van der Waals surface area contributed by atoms with Crippen LogP contribution in [0.15, 0.2) is 36.8 Å². The maximum absolute atomic E-state index is 13.3. The Morgan fingerprint density at radius 3 is 2.50 bits per heavy atom. The summed E-state index contributed by atoms with van der Waals surface area (Å²) in [5, 5.41) is 0. The van der Waals surface area contributed by atoms with E-state index in [0.717, 1.165) is 6.33 Å². The summed E-state index contributed by atoms with van der Waals surface area (Å²) in [4.78, 5) is 7.23. The molecule has 0 spiro atoms. The molecule has 0 atom stereocenters. The molecule has 2 aromatic rings. The summed E-state index contributed by atoms with van der Waals surface area (Å²) in [6.45, 7) is 0. The minimum Gasteiger partial charge on any atom is -0.436 e. The predicted molar refractivity (Wildman–Crippen MR) is 53.5 cm³/mol. The van der Waals surface area contributed by atoms with Crippen molar-refractivity contribution >= 4 is 0 Å². The molecule has 94 valence electrons. The highest BCUT2D eigenvalue weighted by atomic mass is 19.4. The van der Waals surface area contributed by atoms with Crippen LogP contribution in [0.4, 0.5) is 17.6 Å². The molecule has 3 nitrogen and oxygen atoms in total. The smallest absolute Gasteiger partial charge is 0.416 e. The number of benzene rings is 1. The third kappa shape index (κ3) is 2.73. The molecule has 0 radical (unpaired) electrons. The Balaban J connectivity index is 2.33. The van der Waals surface area contributed by atoms with Gasteiger partial charge in [-0.3, -0.25) is 0 Å². The van der Waals surface area contributed by atoms with E-state index in [1.54, 1.807) is 0 Å². The van der Waals surface area contributed by atoms with Crippen LogP contribution in [-0.4, -0.2) is 9.97 Å². The Morgan fingerprint density at radius 2 is 1.89 bits per heavy atom. The van der Waals surface area contributed by atoms with Crippen molar-refractivity contribution in [2.45, 2.75) is 6.18 Å². The number of hydrogen-bond donors (Lipinski definition) is 0. The van der Waals surface area contributed by atoms with Crippen molar-refractivity contribution in [3.05, 3.63) is 48.2 Å². The monoisotopic (exact) mass is 258 g/mol. The molecule has 0 fully saturated rings. The zero-order chi connectivity index (χ0) is 13.2. The van der Waals surface area contributed by atoms with Gasteiger partial charge in [0.2, 0.25) is 5.88 Å². The molecule has 0 aliphatic carbocycles. The molecule has 7 heteroatoms. The molecule has 2 rings (SSSR count). The molecule has 0 aliphatic rings. The molecule has 0 amide bonds. The lowest BCUT2D eigenvalue weighted by molar-refractivity contribution is -0.137. The highest BCUT2D eigenvalue weighted by molar-refractivity contribution is 5.34. The Morgan fingerprint density at radius 1 is 1.11 bits per heavy atom. The summed E-state index contributed by atoms with van der Waals surface area (Å²) < 4.78 is 55.5. The maximum Gasteiger partial charge on any atom is 0.416 e. The van der Waals surface area contributed by atoms with E-state index >= 15 is 0 Å². The lowest BCUT2D eigenvalue weighted by atomic mass is 10.2. The summed E-state index contributed by atoms with van der Waals surface area (Å²) in [5.74, 6) is -1.48. The molecule has 0 saturated carbocycles. The zero-order valence-corrected chi connectivity index (χ0v) is 8.78. The molecule has 18 heavy (non-hydrogen) atoms. The lowest BCUT2D eigenvalue weighted by Crippen LogP contribution is -2.05. The number of aromatic nitrogens is 2. The second-order valence-corrected chi connectivity index (χ2v) is 3.29. The fourth-order valence-corrected chi connectivity index (χ4v) is 1.21. The van der Waals surface area contributed by atoms with Crippen molar-refractivity contribution in [2.24, 2.45) is 0 Å². The van der Waals surface area contributed by atoms with Crippen molar-refractivity contribution in [3.63, 3.8) is 0 Å². The SMILES string of the molecule is Fc1ccc(C(F)(F)F)cc1Oc1ccncn1. The fraction of sp³-hybridized carbons (Fsp3) is 0.0909. The molecule has 0 aliphatic heterocycles. The number of rotatable bonds is 2. The molecule has 0 bridgehead atoms. The topological polar surface area (TPSA) is 35.0 Å². The highest BCUT2D eigenvalue weighted by Gasteiger charge is 2.31. The van der Waals surface area contributed by atoms with E-state index in [9.17, 15) is 17.6 Å². The van der Waals surface area contributed by atoms with Crippen LogP contribution in [0, 0.1) is 5.82 Å². The fourth-order valence-electron chi connectivity index (χ4n) is 1.21. The van der Waals surface area contributed by atoms with Gasteiger partial charge in [0.05, 0.1) is 5.56 Å². The minimum atomic E-state index is -4.56. The second kappa shape index (κ2) is 4.59. The van der Waals surface area contributed by atoms with Crippen molar-refractivity contribution < 1.29 is 22.3 Å². The molecule has 0 unspecified atom stereocenters. The molecule has 1 heterocycles. The van der Waals surface area contributed by atoms with Crippen LogP contribution in [-0.2, 0) is 6.18 Å². The summed E-state index contributed by atoms with van der Waals surface area (Å²) in [6.07, 6.45) is -2.09. The Hall–Kier alpha value is -2.18. The first kappa shape index (κ1) is 12.3. The normalized spacial score (nSPS) is 11.3. The average Bonchev–Trinajstić information content (AvgIpc) is 2.32. The van der Waals surface area contributed by atoms with Crippen LogP contribution >= 0.6 is 0 Å². The third-order valence-corrected chi connectivity index (χ3v) is 2.03. The summed E-state index contributed by atoms with van der Waals surface area (Å²) in [7, 11) is 0. The van der Waals surface area contributed by atoms with Gasteiger partial charge in [0.1, 0.15) is 6.33 Å². The van der Waals surface area contributed by atoms with E-state index < -0.39 is 23.3 Å². The lowest BCUT2D eigenvalue weighted by Gasteiger charge is -2.10. The van der Waals surface area contributed by atoms with Gasteiger partial charge in [-0.15, -0.1) is 0 Å². The van der Waals surface area contributed by atoms with Crippen LogP contribution < -0.4 is 4.74 Å². The highest BCUT2D eigenvalue weighted by Crippen LogP contribution is 2.33. The summed E-state index contributed by atoms with van der Waals surface area (Å²) in [6, 6.07) is 3.22. The van der Waals surface area contributed by atoms with Crippen LogP contribution in [0.25, 0.3) is 0 Å². The van der Waals surface area contributed by atoms with E-state index in [4.69, 9.17) is 4.74 Å². The van der Waals surface area contributed by atoms with Crippen LogP contribution in [0.5, 0.6) is 11.6 Å².